The molecule has 6 heteroatoms. The topological polar surface area (TPSA) is 67.4 Å². The van der Waals surface area contributed by atoms with Crippen LogP contribution in [0.5, 0.6) is 0 Å². The number of fused-ring (bicyclic) bond motifs is 1. The summed E-state index contributed by atoms with van der Waals surface area (Å²) < 4.78 is 1.99. The summed E-state index contributed by atoms with van der Waals surface area (Å²) >= 11 is 6.00. The van der Waals surface area contributed by atoms with Crippen LogP contribution in [-0.4, -0.2) is 19.5 Å². The van der Waals surface area contributed by atoms with Gasteiger partial charge in [-0.05, 0) is 25.1 Å². The number of hydrogen-bond acceptors (Lipinski definition) is 4. The zero-order valence-corrected chi connectivity index (χ0v) is 12.2. The second-order valence-corrected chi connectivity index (χ2v) is 4.90. The van der Waals surface area contributed by atoms with Crippen molar-refractivity contribution in [1.29, 1.82) is 5.26 Å². The molecule has 0 aliphatic rings. The summed E-state index contributed by atoms with van der Waals surface area (Å²) in [5, 5.41) is 9.18. The van der Waals surface area contributed by atoms with Crippen LogP contribution < -0.4 is 0 Å². The molecule has 0 spiro atoms. The average Bonchev–Trinajstić information content (AvgIpc) is 2.85. The molecule has 0 amide bonds. The second-order valence-electron chi connectivity index (χ2n) is 4.63. The molecule has 104 valence electrons. The van der Waals surface area contributed by atoms with E-state index in [0.29, 0.717) is 17.6 Å². The molecule has 0 aliphatic carbocycles. The molecule has 0 unspecified atom stereocenters. The maximum absolute atomic E-state index is 9.18. The molecule has 0 fully saturated rings. The zero-order valence-electron chi connectivity index (χ0n) is 11.4. The number of para-hydroxylation sites is 1. The summed E-state index contributed by atoms with van der Waals surface area (Å²) in [6.07, 6.45) is 1.73. The van der Waals surface area contributed by atoms with Gasteiger partial charge in [-0.15, -0.1) is 11.6 Å². The summed E-state index contributed by atoms with van der Waals surface area (Å²) in [6.45, 7) is 2.41. The van der Waals surface area contributed by atoms with Gasteiger partial charge in [0.25, 0.3) is 0 Å². The Labute approximate surface area is 126 Å². The summed E-state index contributed by atoms with van der Waals surface area (Å²) in [6, 6.07) is 9.57. The highest BCUT2D eigenvalue weighted by Crippen LogP contribution is 2.21. The normalized spacial score (nSPS) is 10.7. The minimum atomic E-state index is 0.281. The van der Waals surface area contributed by atoms with Gasteiger partial charge >= 0.3 is 0 Å². The fourth-order valence-corrected chi connectivity index (χ4v) is 2.52. The number of rotatable bonds is 3. The van der Waals surface area contributed by atoms with Crippen molar-refractivity contribution in [2.45, 2.75) is 19.3 Å². The van der Waals surface area contributed by atoms with Crippen molar-refractivity contribution in [2.24, 2.45) is 0 Å². The minimum absolute atomic E-state index is 0.281. The number of benzene rings is 1. The van der Waals surface area contributed by atoms with Crippen molar-refractivity contribution in [1.82, 2.24) is 19.5 Å². The van der Waals surface area contributed by atoms with Crippen molar-refractivity contribution in [3.63, 3.8) is 0 Å². The van der Waals surface area contributed by atoms with E-state index < -0.39 is 0 Å². The predicted octanol–water partition coefficient (Wildman–Crippen LogP) is 2.79. The standard InChI is InChI=1S/C15H12ClN5/c1-10-18-6-5-12(19-10)9-21-13-4-2-3-11(8-17)15(13)20-14(21)7-16/h2-6H,7,9H2,1H3. The van der Waals surface area contributed by atoms with Crippen LogP contribution in [0.25, 0.3) is 11.0 Å². The Morgan fingerprint density at radius 3 is 2.86 bits per heavy atom. The highest BCUT2D eigenvalue weighted by atomic mass is 35.5. The number of alkyl halides is 1. The fraction of sp³-hybridized carbons (Fsp3) is 0.200. The molecule has 2 aromatic heterocycles. The van der Waals surface area contributed by atoms with E-state index in [0.717, 1.165) is 22.9 Å². The summed E-state index contributed by atoms with van der Waals surface area (Å²) in [5.41, 5.74) is 3.01. The van der Waals surface area contributed by atoms with E-state index in [2.05, 4.69) is 21.0 Å². The minimum Gasteiger partial charge on any atom is -0.321 e. The van der Waals surface area contributed by atoms with Gasteiger partial charge in [0.2, 0.25) is 0 Å². The highest BCUT2D eigenvalue weighted by molar-refractivity contribution is 6.16. The molecule has 1 aromatic carbocycles. The largest absolute Gasteiger partial charge is 0.321 e. The fourth-order valence-electron chi connectivity index (χ4n) is 2.32. The van der Waals surface area contributed by atoms with Crippen LogP contribution in [0, 0.1) is 18.3 Å². The third-order valence-electron chi connectivity index (χ3n) is 3.25. The highest BCUT2D eigenvalue weighted by Gasteiger charge is 2.13. The molecule has 0 bridgehead atoms. The second kappa shape index (κ2) is 5.51. The molecule has 0 radical (unpaired) electrons. The van der Waals surface area contributed by atoms with Crippen molar-refractivity contribution in [3.05, 3.63) is 53.4 Å². The van der Waals surface area contributed by atoms with E-state index in [1.165, 1.54) is 0 Å². The van der Waals surface area contributed by atoms with Crippen molar-refractivity contribution in [2.75, 3.05) is 0 Å². The molecule has 0 aliphatic heterocycles. The first-order valence-corrected chi connectivity index (χ1v) is 6.99. The Bertz CT molecular complexity index is 847. The van der Waals surface area contributed by atoms with Crippen molar-refractivity contribution < 1.29 is 0 Å². The van der Waals surface area contributed by atoms with E-state index in [9.17, 15) is 5.26 Å². The van der Waals surface area contributed by atoms with E-state index >= 15 is 0 Å². The van der Waals surface area contributed by atoms with Crippen LogP contribution in [-0.2, 0) is 12.4 Å². The van der Waals surface area contributed by atoms with Crippen LogP contribution in [0.15, 0.2) is 30.5 Å². The van der Waals surface area contributed by atoms with Gasteiger partial charge in [-0.25, -0.2) is 15.0 Å². The summed E-state index contributed by atoms with van der Waals surface area (Å²) in [7, 11) is 0. The summed E-state index contributed by atoms with van der Waals surface area (Å²) in [5.74, 6) is 1.73. The maximum Gasteiger partial charge on any atom is 0.125 e. The first-order valence-electron chi connectivity index (χ1n) is 6.45. The molecule has 0 saturated carbocycles. The monoisotopic (exact) mass is 297 g/mol. The lowest BCUT2D eigenvalue weighted by atomic mass is 10.2. The number of nitriles is 1. The number of aromatic nitrogens is 4. The van der Waals surface area contributed by atoms with E-state index in [1.807, 2.05) is 29.7 Å². The Morgan fingerprint density at radius 2 is 2.14 bits per heavy atom. The first-order chi connectivity index (χ1) is 10.2. The van der Waals surface area contributed by atoms with Crippen LogP contribution >= 0.6 is 11.6 Å². The van der Waals surface area contributed by atoms with E-state index in [1.54, 1.807) is 12.3 Å². The zero-order chi connectivity index (χ0) is 14.8. The van der Waals surface area contributed by atoms with Crippen molar-refractivity contribution >= 4 is 22.6 Å². The number of halogens is 1. The third-order valence-corrected chi connectivity index (χ3v) is 3.49. The number of nitrogens with zero attached hydrogens (tertiary/aromatic N) is 5. The number of aryl methyl sites for hydroxylation is 1. The number of imidazole rings is 1. The number of hydrogen-bond donors (Lipinski definition) is 0. The molecule has 0 N–H and O–H groups in total. The van der Waals surface area contributed by atoms with E-state index in [4.69, 9.17) is 11.6 Å². The lowest BCUT2D eigenvalue weighted by Gasteiger charge is -2.07. The van der Waals surface area contributed by atoms with Gasteiger partial charge in [0.15, 0.2) is 0 Å². The lowest BCUT2D eigenvalue weighted by molar-refractivity contribution is 0.749. The molecule has 0 atom stereocenters. The molecule has 5 nitrogen and oxygen atoms in total. The van der Waals surface area contributed by atoms with Crippen molar-refractivity contribution in [3.8, 4) is 6.07 Å². The maximum atomic E-state index is 9.18. The lowest BCUT2D eigenvalue weighted by Crippen LogP contribution is -2.06. The van der Waals surface area contributed by atoms with Gasteiger partial charge < -0.3 is 4.57 Å². The Balaban J connectivity index is 2.15. The van der Waals surface area contributed by atoms with Crippen LogP contribution in [0.2, 0.25) is 0 Å². The van der Waals surface area contributed by atoms with Gasteiger partial charge in [0.1, 0.15) is 23.2 Å². The van der Waals surface area contributed by atoms with Crippen LogP contribution in [0.4, 0.5) is 0 Å². The molecular weight excluding hydrogens is 286 g/mol. The molecule has 3 aromatic rings. The van der Waals surface area contributed by atoms with Gasteiger partial charge in [-0.3, -0.25) is 0 Å². The van der Waals surface area contributed by atoms with Crippen LogP contribution in [0.3, 0.4) is 0 Å². The smallest absolute Gasteiger partial charge is 0.125 e. The Hall–Kier alpha value is -2.45. The molecule has 3 rings (SSSR count). The van der Waals surface area contributed by atoms with Gasteiger partial charge in [0.05, 0.1) is 29.2 Å². The summed E-state index contributed by atoms with van der Waals surface area (Å²) in [4.78, 5) is 13.0. The molecule has 0 saturated heterocycles. The quantitative estimate of drug-likeness (QED) is 0.697. The molecule has 21 heavy (non-hydrogen) atoms. The predicted molar refractivity (Wildman–Crippen MR) is 79.9 cm³/mol. The van der Waals surface area contributed by atoms with E-state index in [-0.39, 0.29) is 5.88 Å². The van der Waals surface area contributed by atoms with Gasteiger partial charge in [-0.1, -0.05) is 6.07 Å². The Kier molecular flexibility index (Phi) is 3.55. The third kappa shape index (κ3) is 2.46. The van der Waals surface area contributed by atoms with Gasteiger partial charge in [-0.2, -0.15) is 5.26 Å². The average molecular weight is 298 g/mol. The van der Waals surface area contributed by atoms with Gasteiger partial charge in [0, 0.05) is 6.20 Å². The van der Waals surface area contributed by atoms with Crippen LogP contribution in [0.1, 0.15) is 22.9 Å². The Morgan fingerprint density at radius 1 is 1.29 bits per heavy atom. The first kappa shape index (κ1) is 13.5. The molecule has 2 heterocycles. The SMILES string of the molecule is Cc1nccc(Cn2c(CCl)nc3c(C#N)cccc32)n1. The molecular formula is C15H12ClN5.